The smallest absolute Gasteiger partial charge is 0.383 e. The van der Waals surface area contributed by atoms with E-state index in [1.54, 1.807) is 0 Å². The highest BCUT2D eigenvalue weighted by Gasteiger charge is 2.12. The Morgan fingerprint density at radius 2 is 2.50 bits per heavy atom. The Labute approximate surface area is 66.9 Å². The molecule has 12 heavy (non-hydrogen) atoms. The summed E-state index contributed by atoms with van der Waals surface area (Å²) in [6, 6.07) is 1.39. The van der Waals surface area contributed by atoms with Gasteiger partial charge in [-0.05, 0) is 0 Å². The van der Waals surface area contributed by atoms with E-state index in [0.29, 0.717) is 0 Å². The van der Waals surface area contributed by atoms with Crippen molar-refractivity contribution in [1.29, 1.82) is 0 Å². The second kappa shape index (κ2) is 3.51. The summed E-state index contributed by atoms with van der Waals surface area (Å²) in [6.45, 7) is -0.842. The SMILES string of the molecule is O=C(C[N+](=O)[O-])Oc1ccoc1. The van der Waals surface area contributed by atoms with Gasteiger partial charge in [0.1, 0.15) is 6.26 Å². The van der Waals surface area contributed by atoms with Crippen molar-refractivity contribution >= 4 is 5.97 Å². The number of hydrogen-bond donors (Lipinski definition) is 0. The molecule has 0 atom stereocenters. The molecular formula is C6H5NO5. The minimum absolute atomic E-state index is 0.168. The van der Waals surface area contributed by atoms with E-state index in [1.807, 2.05) is 0 Å². The number of furan rings is 1. The van der Waals surface area contributed by atoms with Crippen LogP contribution >= 0.6 is 0 Å². The number of esters is 1. The van der Waals surface area contributed by atoms with Crippen molar-refractivity contribution in [3.63, 3.8) is 0 Å². The van der Waals surface area contributed by atoms with Crippen LogP contribution in [-0.2, 0) is 4.79 Å². The molecule has 0 aromatic carbocycles. The average molecular weight is 171 g/mol. The first-order chi connectivity index (χ1) is 5.68. The maximum Gasteiger partial charge on any atom is 0.383 e. The summed E-state index contributed by atoms with van der Waals surface area (Å²) in [5.41, 5.74) is 0. The Kier molecular flexibility index (Phi) is 2.42. The van der Waals surface area contributed by atoms with Gasteiger partial charge in [-0.1, -0.05) is 0 Å². The Morgan fingerprint density at radius 3 is 3.00 bits per heavy atom. The predicted octanol–water partition coefficient (Wildman–Crippen LogP) is 0.462. The molecule has 0 unspecified atom stereocenters. The van der Waals surface area contributed by atoms with E-state index in [2.05, 4.69) is 9.15 Å². The van der Waals surface area contributed by atoms with Gasteiger partial charge in [-0.15, -0.1) is 0 Å². The van der Waals surface area contributed by atoms with Crippen LogP contribution in [0.1, 0.15) is 0 Å². The summed E-state index contributed by atoms with van der Waals surface area (Å²) in [5, 5.41) is 9.82. The number of nitro groups is 1. The summed E-state index contributed by atoms with van der Waals surface area (Å²) in [4.78, 5) is 19.7. The van der Waals surface area contributed by atoms with Gasteiger partial charge in [0, 0.05) is 11.0 Å². The Hall–Kier alpha value is -1.85. The van der Waals surface area contributed by atoms with Crippen molar-refractivity contribution in [3.8, 4) is 5.75 Å². The van der Waals surface area contributed by atoms with Gasteiger partial charge in [-0.25, -0.2) is 4.79 Å². The van der Waals surface area contributed by atoms with Crippen LogP contribution in [0, 0.1) is 10.1 Å². The van der Waals surface area contributed by atoms with Gasteiger partial charge >= 0.3 is 5.97 Å². The predicted molar refractivity (Wildman–Crippen MR) is 36.2 cm³/mol. The number of nitrogens with zero attached hydrogens (tertiary/aromatic N) is 1. The van der Waals surface area contributed by atoms with Crippen molar-refractivity contribution in [2.24, 2.45) is 0 Å². The van der Waals surface area contributed by atoms with E-state index in [9.17, 15) is 14.9 Å². The molecule has 0 aliphatic rings. The lowest BCUT2D eigenvalue weighted by Gasteiger charge is -1.94. The van der Waals surface area contributed by atoms with Crippen molar-refractivity contribution < 1.29 is 18.9 Å². The van der Waals surface area contributed by atoms with Crippen molar-refractivity contribution in [2.45, 2.75) is 0 Å². The fourth-order valence-corrected chi connectivity index (χ4v) is 0.579. The quantitative estimate of drug-likeness (QED) is 0.374. The van der Waals surface area contributed by atoms with Crippen LogP contribution in [0.2, 0.25) is 0 Å². The molecule has 64 valence electrons. The normalized spacial score (nSPS) is 9.33. The van der Waals surface area contributed by atoms with Gasteiger partial charge in [0.05, 0.1) is 6.26 Å². The molecule has 0 fully saturated rings. The lowest BCUT2D eigenvalue weighted by Crippen LogP contribution is -2.18. The van der Waals surface area contributed by atoms with Gasteiger partial charge in [-0.3, -0.25) is 10.1 Å². The van der Waals surface area contributed by atoms with Crippen LogP contribution in [0.5, 0.6) is 5.75 Å². The van der Waals surface area contributed by atoms with E-state index < -0.39 is 17.4 Å². The zero-order valence-corrected chi connectivity index (χ0v) is 5.93. The lowest BCUT2D eigenvalue weighted by atomic mass is 10.6. The van der Waals surface area contributed by atoms with Crippen molar-refractivity contribution in [3.05, 3.63) is 28.7 Å². The first-order valence-electron chi connectivity index (χ1n) is 3.03. The molecule has 0 saturated heterocycles. The maximum atomic E-state index is 10.6. The number of carbonyl (C=O) groups is 1. The third-order valence-electron chi connectivity index (χ3n) is 0.985. The molecule has 0 amide bonds. The molecule has 6 nitrogen and oxygen atoms in total. The van der Waals surface area contributed by atoms with Crippen LogP contribution < -0.4 is 4.74 Å². The van der Waals surface area contributed by atoms with E-state index >= 15 is 0 Å². The second-order valence-corrected chi connectivity index (χ2v) is 1.92. The first kappa shape index (κ1) is 8.25. The molecule has 0 spiro atoms. The molecule has 0 bridgehead atoms. The zero-order chi connectivity index (χ0) is 8.97. The number of ether oxygens (including phenoxy) is 1. The van der Waals surface area contributed by atoms with Gasteiger partial charge in [0.2, 0.25) is 0 Å². The molecule has 1 aromatic heterocycles. The van der Waals surface area contributed by atoms with Crippen LogP contribution in [0.25, 0.3) is 0 Å². The highest BCUT2D eigenvalue weighted by Crippen LogP contribution is 2.09. The third kappa shape index (κ3) is 2.41. The number of carbonyl (C=O) groups excluding carboxylic acids is 1. The van der Waals surface area contributed by atoms with Crippen LogP contribution in [0.15, 0.2) is 23.0 Å². The topological polar surface area (TPSA) is 82.6 Å². The molecule has 1 heterocycles. The molecule has 0 N–H and O–H groups in total. The Morgan fingerprint density at radius 1 is 1.75 bits per heavy atom. The standard InChI is InChI=1S/C6H5NO5/c8-6(3-7(9)10)12-5-1-2-11-4-5/h1-2,4H,3H2. The van der Waals surface area contributed by atoms with Crippen LogP contribution in [0.3, 0.4) is 0 Å². The molecule has 0 aliphatic heterocycles. The van der Waals surface area contributed by atoms with Crippen LogP contribution in [-0.4, -0.2) is 17.4 Å². The monoisotopic (exact) mass is 171 g/mol. The molecule has 0 radical (unpaired) electrons. The van der Waals surface area contributed by atoms with E-state index in [0.717, 1.165) is 0 Å². The van der Waals surface area contributed by atoms with Crippen molar-refractivity contribution in [2.75, 3.05) is 6.54 Å². The Bertz CT molecular complexity index is 278. The fraction of sp³-hybridized carbons (Fsp3) is 0.167. The molecule has 1 rings (SSSR count). The molecular weight excluding hydrogens is 166 g/mol. The van der Waals surface area contributed by atoms with Crippen LogP contribution in [0.4, 0.5) is 0 Å². The highest BCUT2D eigenvalue weighted by atomic mass is 16.6. The van der Waals surface area contributed by atoms with Gasteiger partial charge in [0.15, 0.2) is 5.75 Å². The summed E-state index contributed by atoms with van der Waals surface area (Å²) in [7, 11) is 0. The lowest BCUT2D eigenvalue weighted by molar-refractivity contribution is -0.469. The van der Waals surface area contributed by atoms with Gasteiger partial charge in [0.25, 0.3) is 6.54 Å². The zero-order valence-electron chi connectivity index (χ0n) is 5.93. The second-order valence-electron chi connectivity index (χ2n) is 1.92. The van der Waals surface area contributed by atoms with E-state index in [4.69, 9.17) is 0 Å². The minimum atomic E-state index is -0.915. The average Bonchev–Trinajstić information content (AvgIpc) is 2.37. The van der Waals surface area contributed by atoms with E-state index in [-0.39, 0.29) is 5.75 Å². The summed E-state index contributed by atoms with van der Waals surface area (Å²) >= 11 is 0. The first-order valence-corrected chi connectivity index (χ1v) is 3.03. The largest absolute Gasteiger partial charge is 0.469 e. The Balaban J connectivity index is 2.42. The van der Waals surface area contributed by atoms with Gasteiger partial charge < -0.3 is 9.15 Å². The highest BCUT2D eigenvalue weighted by molar-refractivity contribution is 5.73. The molecule has 0 saturated carbocycles. The summed E-state index contributed by atoms with van der Waals surface area (Å²) in [5.74, 6) is -0.747. The van der Waals surface area contributed by atoms with Crippen molar-refractivity contribution in [1.82, 2.24) is 0 Å². The van der Waals surface area contributed by atoms with E-state index in [1.165, 1.54) is 18.6 Å². The molecule has 6 heteroatoms. The number of rotatable bonds is 3. The minimum Gasteiger partial charge on any atom is -0.469 e. The molecule has 1 aromatic rings. The maximum absolute atomic E-state index is 10.6. The summed E-state index contributed by atoms with van der Waals surface area (Å²) < 4.78 is 9.06. The number of hydrogen-bond acceptors (Lipinski definition) is 5. The van der Waals surface area contributed by atoms with Gasteiger partial charge in [-0.2, -0.15) is 0 Å². The molecule has 0 aliphatic carbocycles. The fourth-order valence-electron chi connectivity index (χ4n) is 0.579. The summed E-state index contributed by atoms with van der Waals surface area (Å²) in [6.07, 6.45) is 2.48. The third-order valence-corrected chi connectivity index (χ3v) is 0.985.